The molecule has 4 rings (SSSR count). The lowest BCUT2D eigenvalue weighted by Crippen LogP contribution is -2.54. The maximum Gasteiger partial charge on any atom is 0.222 e. The third kappa shape index (κ3) is 4.29. The Morgan fingerprint density at radius 1 is 1.08 bits per heavy atom. The molecule has 1 saturated carbocycles. The van der Waals surface area contributed by atoms with Gasteiger partial charge in [0.25, 0.3) is 0 Å². The monoisotopic (exact) mass is 356 g/mol. The van der Waals surface area contributed by atoms with Gasteiger partial charge in [-0.15, -0.1) is 0 Å². The number of ether oxygens (including phenoxy) is 1. The predicted molar refractivity (Wildman–Crippen MR) is 103 cm³/mol. The number of nitrogens with zero attached hydrogens (tertiary/aromatic N) is 2. The molecular formula is C22H32N2O2. The third-order valence-electron chi connectivity index (χ3n) is 6.56. The first kappa shape index (κ1) is 18.0. The standard InChI is InChI=1S/C22H32N2O2/c25-22(14-18-6-4-5-7-18)24-11-10-20-17-26-13-12-23(21(20)16-24)15-19-8-2-1-3-9-19/h1-3,8-9,18,20-21H,4-7,10-17H2/t20-,21-/m1/s1. The van der Waals surface area contributed by atoms with Crippen LogP contribution >= 0.6 is 0 Å². The summed E-state index contributed by atoms with van der Waals surface area (Å²) in [5.74, 6) is 1.58. The van der Waals surface area contributed by atoms with Crippen molar-refractivity contribution in [1.82, 2.24) is 9.80 Å². The van der Waals surface area contributed by atoms with Gasteiger partial charge >= 0.3 is 0 Å². The maximum absolute atomic E-state index is 12.9. The molecular weight excluding hydrogens is 324 g/mol. The second kappa shape index (κ2) is 8.53. The smallest absolute Gasteiger partial charge is 0.222 e. The van der Waals surface area contributed by atoms with Crippen LogP contribution in [0.3, 0.4) is 0 Å². The largest absolute Gasteiger partial charge is 0.380 e. The van der Waals surface area contributed by atoms with Crippen molar-refractivity contribution in [3.8, 4) is 0 Å². The van der Waals surface area contributed by atoms with E-state index in [1.165, 1.54) is 31.2 Å². The lowest BCUT2D eigenvalue weighted by atomic mass is 9.90. The molecule has 4 nitrogen and oxygen atoms in total. The van der Waals surface area contributed by atoms with Gasteiger partial charge in [-0.3, -0.25) is 9.69 Å². The third-order valence-corrected chi connectivity index (χ3v) is 6.56. The molecule has 2 saturated heterocycles. The molecule has 0 bridgehead atoms. The highest BCUT2D eigenvalue weighted by Gasteiger charge is 2.37. The van der Waals surface area contributed by atoms with E-state index < -0.39 is 0 Å². The Bertz CT molecular complexity index is 585. The van der Waals surface area contributed by atoms with Gasteiger partial charge in [0.1, 0.15) is 0 Å². The van der Waals surface area contributed by atoms with Crippen LogP contribution in [0.15, 0.2) is 30.3 Å². The highest BCUT2D eigenvalue weighted by atomic mass is 16.5. The minimum absolute atomic E-state index is 0.389. The quantitative estimate of drug-likeness (QED) is 0.830. The molecule has 0 radical (unpaired) electrons. The van der Waals surface area contributed by atoms with E-state index in [1.807, 2.05) is 0 Å². The normalized spacial score (nSPS) is 27.9. The number of benzene rings is 1. The van der Waals surface area contributed by atoms with Crippen LogP contribution in [0.4, 0.5) is 0 Å². The molecule has 0 spiro atoms. The van der Waals surface area contributed by atoms with Gasteiger partial charge in [0, 0.05) is 44.6 Å². The van der Waals surface area contributed by atoms with Gasteiger partial charge in [-0.2, -0.15) is 0 Å². The van der Waals surface area contributed by atoms with Crippen LogP contribution in [0, 0.1) is 11.8 Å². The van der Waals surface area contributed by atoms with Gasteiger partial charge in [0.2, 0.25) is 5.91 Å². The topological polar surface area (TPSA) is 32.8 Å². The van der Waals surface area contributed by atoms with Crippen LogP contribution < -0.4 is 0 Å². The van der Waals surface area contributed by atoms with Crippen LogP contribution in [0.25, 0.3) is 0 Å². The van der Waals surface area contributed by atoms with Crippen molar-refractivity contribution < 1.29 is 9.53 Å². The number of rotatable bonds is 4. The minimum Gasteiger partial charge on any atom is -0.380 e. The number of likely N-dealkylation sites (tertiary alicyclic amines) is 1. The van der Waals surface area contributed by atoms with Crippen LogP contribution in [0.5, 0.6) is 0 Å². The van der Waals surface area contributed by atoms with Gasteiger partial charge in [0.15, 0.2) is 0 Å². The average Bonchev–Trinajstić information content (AvgIpc) is 3.10. The summed E-state index contributed by atoms with van der Waals surface area (Å²) in [6.45, 7) is 5.36. The summed E-state index contributed by atoms with van der Waals surface area (Å²) in [4.78, 5) is 17.6. The summed E-state index contributed by atoms with van der Waals surface area (Å²) in [7, 11) is 0. The van der Waals surface area contributed by atoms with Gasteiger partial charge in [-0.25, -0.2) is 0 Å². The summed E-state index contributed by atoms with van der Waals surface area (Å²) in [5, 5.41) is 0. The SMILES string of the molecule is O=C(CC1CCCC1)N1CC[C@@H]2COCCN(Cc3ccccc3)[C@@H]2C1. The van der Waals surface area contributed by atoms with Gasteiger partial charge in [0.05, 0.1) is 13.2 Å². The van der Waals surface area contributed by atoms with Gasteiger partial charge < -0.3 is 9.64 Å². The summed E-state index contributed by atoms with van der Waals surface area (Å²) in [6.07, 6.45) is 6.97. The molecule has 0 aromatic heterocycles. The molecule has 0 unspecified atom stereocenters. The fourth-order valence-corrected chi connectivity index (χ4v) is 5.00. The number of carbonyl (C=O) groups excluding carboxylic acids is 1. The first-order valence-corrected chi connectivity index (χ1v) is 10.4. The second-order valence-corrected chi connectivity index (χ2v) is 8.34. The molecule has 142 valence electrons. The lowest BCUT2D eigenvalue weighted by Gasteiger charge is -2.42. The molecule has 2 aliphatic heterocycles. The summed E-state index contributed by atoms with van der Waals surface area (Å²) < 4.78 is 5.89. The van der Waals surface area contributed by atoms with E-state index in [2.05, 4.69) is 40.1 Å². The molecule has 1 aromatic rings. The number of carbonyl (C=O) groups is 1. The van der Waals surface area contributed by atoms with Crippen LogP contribution in [0.1, 0.15) is 44.1 Å². The van der Waals surface area contributed by atoms with Crippen molar-refractivity contribution in [3.63, 3.8) is 0 Å². The van der Waals surface area contributed by atoms with E-state index in [1.54, 1.807) is 0 Å². The minimum atomic E-state index is 0.389. The average molecular weight is 357 g/mol. The predicted octanol–water partition coefficient (Wildman–Crippen LogP) is 3.32. The van der Waals surface area contributed by atoms with E-state index in [9.17, 15) is 4.79 Å². The van der Waals surface area contributed by atoms with E-state index in [0.717, 1.165) is 52.2 Å². The molecule has 1 aromatic carbocycles. The number of hydrogen-bond acceptors (Lipinski definition) is 3. The molecule has 0 N–H and O–H groups in total. The molecule has 2 heterocycles. The Morgan fingerprint density at radius 3 is 2.69 bits per heavy atom. The van der Waals surface area contributed by atoms with Crippen molar-refractivity contribution in [2.75, 3.05) is 32.8 Å². The number of piperidine rings is 1. The first-order valence-electron chi connectivity index (χ1n) is 10.4. The maximum atomic E-state index is 12.9. The van der Waals surface area contributed by atoms with Crippen molar-refractivity contribution in [2.24, 2.45) is 11.8 Å². The molecule has 3 aliphatic rings. The molecule has 1 aliphatic carbocycles. The zero-order chi connectivity index (χ0) is 17.8. The van der Waals surface area contributed by atoms with Crippen molar-refractivity contribution in [3.05, 3.63) is 35.9 Å². The van der Waals surface area contributed by atoms with E-state index in [4.69, 9.17) is 4.74 Å². The number of fused-ring (bicyclic) bond motifs is 1. The molecule has 4 heteroatoms. The summed E-state index contributed by atoms with van der Waals surface area (Å²) in [6, 6.07) is 11.1. The highest BCUT2D eigenvalue weighted by Crippen LogP contribution is 2.30. The van der Waals surface area contributed by atoms with Crippen molar-refractivity contribution in [2.45, 2.75) is 51.1 Å². The lowest BCUT2D eigenvalue weighted by molar-refractivity contribution is -0.135. The van der Waals surface area contributed by atoms with Gasteiger partial charge in [-0.05, 0) is 30.7 Å². The van der Waals surface area contributed by atoms with Gasteiger partial charge in [-0.1, -0.05) is 43.2 Å². The second-order valence-electron chi connectivity index (χ2n) is 8.34. The Morgan fingerprint density at radius 2 is 1.88 bits per heavy atom. The number of amides is 1. The number of hydrogen-bond donors (Lipinski definition) is 0. The molecule has 1 amide bonds. The Hall–Kier alpha value is -1.39. The highest BCUT2D eigenvalue weighted by molar-refractivity contribution is 5.76. The molecule has 2 atom stereocenters. The zero-order valence-electron chi connectivity index (χ0n) is 15.8. The molecule has 3 fully saturated rings. The van der Waals surface area contributed by atoms with E-state index >= 15 is 0 Å². The van der Waals surface area contributed by atoms with Crippen LogP contribution in [0.2, 0.25) is 0 Å². The van der Waals surface area contributed by atoms with E-state index in [-0.39, 0.29) is 0 Å². The Labute approximate surface area is 157 Å². The fourth-order valence-electron chi connectivity index (χ4n) is 5.00. The summed E-state index contributed by atoms with van der Waals surface area (Å²) >= 11 is 0. The van der Waals surface area contributed by atoms with Crippen molar-refractivity contribution >= 4 is 5.91 Å². The fraction of sp³-hybridized carbons (Fsp3) is 0.682. The first-order chi connectivity index (χ1) is 12.8. The van der Waals surface area contributed by atoms with Crippen LogP contribution in [-0.2, 0) is 16.1 Å². The zero-order valence-corrected chi connectivity index (χ0v) is 15.8. The van der Waals surface area contributed by atoms with E-state index in [0.29, 0.717) is 23.8 Å². The Kier molecular flexibility index (Phi) is 5.91. The Balaban J connectivity index is 1.42. The van der Waals surface area contributed by atoms with Crippen LogP contribution in [-0.4, -0.2) is 54.6 Å². The molecule has 26 heavy (non-hydrogen) atoms. The summed E-state index contributed by atoms with van der Waals surface area (Å²) in [5.41, 5.74) is 1.35. The van der Waals surface area contributed by atoms with Crippen molar-refractivity contribution in [1.29, 1.82) is 0 Å².